The lowest BCUT2D eigenvalue weighted by molar-refractivity contribution is -0.137. The van der Waals surface area contributed by atoms with Crippen LogP contribution in [0.15, 0.2) is 11.6 Å². The summed E-state index contributed by atoms with van der Waals surface area (Å²) < 4.78 is 0. The first-order valence-electron chi connectivity index (χ1n) is 7.19. The number of anilines is 1. The molecule has 116 valence electrons. The lowest BCUT2D eigenvalue weighted by Gasteiger charge is -2.37. The number of hydrogen-bond donors (Lipinski definition) is 1. The first kappa shape index (κ1) is 15.8. The molecule has 7 heteroatoms. The monoisotopic (exact) mass is 310 g/mol. The summed E-state index contributed by atoms with van der Waals surface area (Å²) in [5.74, 6) is -0.0687. The zero-order valence-corrected chi connectivity index (χ0v) is 13.5. The van der Waals surface area contributed by atoms with Gasteiger partial charge in [-0.1, -0.05) is 13.8 Å². The third kappa shape index (κ3) is 3.93. The molecule has 2 amide bonds. The highest BCUT2D eigenvalue weighted by atomic mass is 32.1. The molecule has 0 aliphatic carbocycles. The second-order valence-electron chi connectivity index (χ2n) is 5.55. The average Bonchev–Trinajstić information content (AvgIpc) is 2.98. The van der Waals surface area contributed by atoms with Crippen molar-refractivity contribution < 1.29 is 9.59 Å². The van der Waals surface area contributed by atoms with Gasteiger partial charge in [0.1, 0.15) is 6.04 Å². The maximum atomic E-state index is 12.5. The standard InChI is InChI=1S/C14H22N4O2S/c1-10(2)12(16-11(3)19)13(20)17-5-7-18(8-6-17)14-15-4-9-21-14/h4,9-10,12H,5-8H2,1-3H3,(H,16,19). The van der Waals surface area contributed by atoms with Gasteiger partial charge in [-0.25, -0.2) is 4.98 Å². The predicted molar refractivity (Wildman–Crippen MR) is 83.3 cm³/mol. The van der Waals surface area contributed by atoms with Crippen molar-refractivity contribution in [1.82, 2.24) is 15.2 Å². The highest BCUT2D eigenvalue weighted by Gasteiger charge is 2.30. The molecular weight excluding hydrogens is 288 g/mol. The van der Waals surface area contributed by atoms with E-state index in [4.69, 9.17) is 0 Å². The molecule has 1 atom stereocenters. The Kier molecular flexibility index (Phi) is 5.17. The molecule has 1 aliphatic rings. The van der Waals surface area contributed by atoms with Crippen molar-refractivity contribution in [3.8, 4) is 0 Å². The molecular formula is C14H22N4O2S. The third-order valence-corrected chi connectivity index (χ3v) is 4.40. The Morgan fingerprint density at radius 2 is 1.95 bits per heavy atom. The number of nitrogens with zero attached hydrogens (tertiary/aromatic N) is 3. The summed E-state index contributed by atoms with van der Waals surface area (Å²) >= 11 is 1.61. The number of piperazine rings is 1. The van der Waals surface area contributed by atoms with Crippen LogP contribution in [0.3, 0.4) is 0 Å². The minimum atomic E-state index is -0.436. The lowest BCUT2D eigenvalue weighted by Crippen LogP contribution is -2.56. The van der Waals surface area contributed by atoms with Crippen molar-refractivity contribution in [3.63, 3.8) is 0 Å². The van der Waals surface area contributed by atoms with Crippen molar-refractivity contribution >= 4 is 28.3 Å². The smallest absolute Gasteiger partial charge is 0.245 e. The van der Waals surface area contributed by atoms with E-state index >= 15 is 0 Å². The zero-order valence-electron chi connectivity index (χ0n) is 12.7. The molecule has 6 nitrogen and oxygen atoms in total. The lowest BCUT2D eigenvalue weighted by atomic mass is 10.0. The Bertz CT molecular complexity index is 481. The second kappa shape index (κ2) is 6.89. The van der Waals surface area contributed by atoms with E-state index in [2.05, 4.69) is 15.2 Å². The largest absolute Gasteiger partial charge is 0.345 e. The topological polar surface area (TPSA) is 65.5 Å². The number of amides is 2. The highest BCUT2D eigenvalue weighted by Crippen LogP contribution is 2.19. The molecule has 1 aromatic rings. The van der Waals surface area contributed by atoms with Crippen molar-refractivity contribution in [2.75, 3.05) is 31.1 Å². The Labute approximate surface area is 129 Å². The van der Waals surface area contributed by atoms with Crippen LogP contribution in [0, 0.1) is 5.92 Å². The Hall–Kier alpha value is -1.63. The van der Waals surface area contributed by atoms with Gasteiger partial charge in [0.25, 0.3) is 0 Å². The Morgan fingerprint density at radius 3 is 2.43 bits per heavy atom. The van der Waals surface area contributed by atoms with E-state index in [1.165, 1.54) is 6.92 Å². The molecule has 1 unspecified atom stereocenters. The molecule has 0 aromatic carbocycles. The van der Waals surface area contributed by atoms with Crippen molar-refractivity contribution in [1.29, 1.82) is 0 Å². The predicted octanol–water partition coefficient (Wildman–Crippen LogP) is 0.952. The van der Waals surface area contributed by atoms with Gasteiger partial charge in [-0.2, -0.15) is 0 Å². The van der Waals surface area contributed by atoms with E-state index in [-0.39, 0.29) is 17.7 Å². The summed E-state index contributed by atoms with van der Waals surface area (Å²) in [7, 11) is 0. The summed E-state index contributed by atoms with van der Waals surface area (Å²) in [5.41, 5.74) is 0. The first-order valence-corrected chi connectivity index (χ1v) is 8.07. The van der Waals surface area contributed by atoms with Crippen LogP contribution in [0.4, 0.5) is 5.13 Å². The maximum Gasteiger partial charge on any atom is 0.245 e. The van der Waals surface area contributed by atoms with Crippen LogP contribution in [0.25, 0.3) is 0 Å². The van der Waals surface area contributed by atoms with E-state index in [1.807, 2.05) is 24.1 Å². The Balaban J connectivity index is 1.94. The molecule has 0 spiro atoms. The minimum absolute atomic E-state index is 0.0130. The molecule has 1 saturated heterocycles. The number of hydrogen-bond acceptors (Lipinski definition) is 5. The number of carbonyl (C=O) groups excluding carboxylic acids is 2. The fourth-order valence-corrected chi connectivity index (χ4v) is 3.12. The van der Waals surface area contributed by atoms with Crippen LogP contribution in [-0.2, 0) is 9.59 Å². The normalized spacial score (nSPS) is 17.0. The van der Waals surface area contributed by atoms with Gasteiger partial charge in [-0.15, -0.1) is 11.3 Å². The summed E-state index contributed by atoms with van der Waals surface area (Å²) in [4.78, 5) is 32.1. The summed E-state index contributed by atoms with van der Waals surface area (Å²) in [6.07, 6.45) is 1.79. The molecule has 0 saturated carbocycles. The first-order chi connectivity index (χ1) is 9.99. The number of carbonyl (C=O) groups is 2. The van der Waals surface area contributed by atoms with Gasteiger partial charge < -0.3 is 15.1 Å². The summed E-state index contributed by atoms with van der Waals surface area (Å²) in [5, 5.41) is 5.72. The maximum absolute atomic E-state index is 12.5. The van der Waals surface area contributed by atoms with Gasteiger partial charge in [-0.3, -0.25) is 9.59 Å². The SMILES string of the molecule is CC(=O)NC(C(=O)N1CCN(c2nccs2)CC1)C(C)C. The van der Waals surface area contributed by atoms with Crippen LogP contribution in [0.1, 0.15) is 20.8 Å². The van der Waals surface area contributed by atoms with Crippen molar-refractivity contribution in [3.05, 3.63) is 11.6 Å². The molecule has 1 fully saturated rings. The fraction of sp³-hybridized carbons (Fsp3) is 0.643. The fourth-order valence-electron chi connectivity index (χ4n) is 2.42. The van der Waals surface area contributed by atoms with Gasteiger partial charge in [0.05, 0.1) is 0 Å². The quantitative estimate of drug-likeness (QED) is 0.899. The zero-order chi connectivity index (χ0) is 15.4. The molecule has 1 N–H and O–H groups in total. The van der Waals surface area contributed by atoms with Gasteiger partial charge in [-0.05, 0) is 5.92 Å². The molecule has 0 radical (unpaired) electrons. The Morgan fingerprint density at radius 1 is 1.29 bits per heavy atom. The summed E-state index contributed by atoms with van der Waals surface area (Å²) in [6.45, 7) is 8.24. The van der Waals surface area contributed by atoms with E-state index in [9.17, 15) is 9.59 Å². The van der Waals surface area contributed by atoms with E-state index in [0.717, 1.165) is 18.2 Å². The van der Waals surface area contributed by atoms with E-state index in [0.29, 0.717) is 13.1 Å². The van der Waals surface area contributed by atoms with E-state index in [1.54, 1.807) is 17.5 Å². The second-order valence-corrected chi connectivity index (χ2v) is 6.42. The van der Waals surface area contributed by atoms with Gasteiger partial charge in [0.2, 0.25) is 11.8 Å². The third-order valence-electron chi connectivity index (χ3n) is 3.57. The van der Waals surface area contributed by atoms with Crippen LogP contribution < -0.4 is 10.2 Å². The van der Waals surface area contributed by atoms with Crippen LogP contribution >= 0.6 is 11.3 Å². The molecule has 1 aromatic heterocycles. The number of thiazole rings is 1. The number of nitrogens with one attached hydrogen (secondary N) is 1. The molecule has 2 heterocycles. The molecule has 1 aliphatic heterocycles. The number of aromatic nitrogens is 1. The molecule has 0 bridgehead atoms. The van der Waals surface area contributed by atoms with Gasteiger partial charge in [0.15, 0.2) is 5.13 Å². The van der Waals surface area contributed by atoms with Crippen molar-refractivity contribution in [2.45, 2.75) is 26.8 Å². The molecule has 21 heavy (non-hydrogen) atoms. The average molecular weight is 310 g/mol. The van der Waals surface area contributed by atoms with Crippen LogP contribution in [-0.4, -0.2) is 53.9 Å². The van der Waals surface area contributed by atoms with Gasteiger partial charge in [0, 0.05) is 44.7 Å². The van der Waals surface area contributed by atoms with E-state index < -0.39 is 6.04 Å². The van der Waals surface area contributed by atoms with Crippen molar-refractivity contribution in [2.24, 2.45) is 5.92 Å². The minimum Gasteiger partial charge on any atom is -0.345 e. The van der Waals surface area contributed by atoms with Crippen LogP contribution in [0.2, 0.25) is 0 Å². The summed E-state index contributed by atoms with van der Waals surface area (Å²) in [6, 6.07) is -0.436. The van der Waals surface area contributed by atoms with Gasteiger partial charge >= 0.3 is 0 Å². The molecule has 2 rings (SSSR count). The highest BCUT2D eigenvalue weighted by molar-refractivity contribution is 7.13. The number of rotatable bonds is 4. The van der Waals surface area contributed by atoms with Crippen LogP contribution in [0.5, 0.6) is 0 Å².